The zero-order chi connectivity index (χ0) is 19.2. The van der Waals surface area contributed by atoms with Crippen LogP contribution in [0.3, 0.4) is 0 Å². The van der Waals surface area contributed by atoms with E-state index < -0.39 is 11.7 Å². The highest BCUT2D eigenvalue weighted by Crippen LogP contribution is 2.46. The Hall–Kier alpha value is -2.64. The fraction of sp³-hybridized carbons (Fsp3) is 0.421. The second-order valence-corrected chi connectivity index (χ2v) is 7.54. The number of benzene rings is 1. The summed E-state index contributed by atoms with van der Waals surface area (Å²) in [5.41, 5.74) is -0.356. The van der Waals surface area contributed by atoms with Gasteiger partial charge in [-0.25, -0.2) is 0 Å². The summed E-state index contributed by atoms with van der Waals surface area (Å²) in [6, 6.07) is 8.97. The van der Waals surface area contributed by atoms with Gasteiger partial charge in [-0.15, -0.1) is 5.10 Å². The number of hydrogen-bond acceptors (Lipinski definition) is 4. The Kier molecular flexibility index (Phi) is 4.09. The molecule has 0 radical (unpaired) electrons. The number of anilines is 1. The highest BCUT2D eigenvalue weighted by Gasteiger charge is 2.51. The summed E-state index contributed by atoms with van der Waals surface area (Å²) in [5, 5.41) is 7.60. The fourth-order valence-electron chi connectivity index (χ4n) is 4.24. The number of amides is 1. The van der Waals surface area contributed by atoms with Crippen LogP contribution in [0.4, 0.5) is 18.9 Å². The molecule has 2 atom stereocenters. The molecule has 8 heteroatoms. The highest BCUT2D eigenvalue weighted by atomic mass is 19.4. The van der Waals surface area contributed by atoms with E-state index in [2.05, 4.69) is 10.2 Å². The number of carbonyl (C=O) groups excluding carboxylic acids is 1. The van der Waals surface area contributed by atoms with Crippen molar-refractivity contribution in [1.29, 1.82) is 0 Å². The number of alkyl halides is 3. The molecule has 1 aromatic carbocycles. The third kappa shape index (κ3) is 3.13. The molecule has 0 unspecified atom stereocenters. The largest absolute Gasteiger partial charge is 0.418 e. The molecule has 2 fully saturated rings. The minimum Gasteiger partial charge on any atom is -0.370 e. The zero-order valence-electron chi connectivity index (χ0n) is 14.8. The number of nitrogens with zero attached hydrogens (tertiary/aromatic N) is 4. The highest BCUT2D eigenvalue weighted by molar-refractivity contribution is 5.92. The SMILES string of the molecule is C[C@@]12CN(C(=O)c3cccnn3)C[C@@H]1CN(c1ccccc1C(F)(F)F)C2. The Morgan fingerprint density at radius 2 is 1.93 bits per heavy atom. The van der Waals surface area contributed by atoms with Crippen molar-refractivity contribution in [2.45, 2.75) is 13.1 Å². The number of halogens is 3. The fourth-order valence-corrected chi connectivity index (χ4v) is 4.24. The maximum Gasteiger partial charge on any atom is 0.418 e. The third-order valence-corrected chi connectivity index (χ3v) is 5.60. The van der Waals surface area contributed by atoms with Crippen LogP contribution in [0, 0.1) is 11.3 Å². The monoisotopic (exact) mass is 376 g/mol. The summed E-state index contributed by atoms with van der Waals surface area (Å²) >= 11 is 0. The maximum atomic E-state index is 13.4. The number of hydrogen-bond donors (Lipinski definition) is 0. The van der Waals surface area contributed by atoms with Crippen molar-refractivity contribution in [3.63, 3.8) is 0 Å². The Bertz CT molecular complexity index is 858. The molecule has 27 heavy (non-hydrogen) atoms. The smallest absolute Gasteiger partial charge is 0.370 e. The van der Waals surface area contributed by atoms with Crippen molar-refractivity contribution in [2.24, 2.45) is 11.3 Å². The van der Waals surface area contributed by atoms with Crippen LogP contribution >= 0.6 is 0 Å². The van der Waals surface area contributed by atoms with Gasteiger partial charge in [-0.1, -0.05) is 19.1 Å². The first-order valence-electron chi connectivity index (χ1n) is 8.76. The average Bonchev–Trinajstić information content (AvgIpc) is 3.13. The van der Waals surface area contributed by atoms with Crippen LogP contribution in [0.2, 0.25) is 0 Å². The molecule has 0 saturated carbocycles. The van der Waals surface area contributed by atoms with Crippen molar-refractivity contribution >= 4 is 11.6 Å². The Labute approximate surface area is 154 Å². The lowest BCUT2D eigenvalue weighted by atomic mass is 9.83. The van der Waals surface area contributed by atoms with Gasteiger partial charge in [0.2, 0.25) is 0 Å². The molecule has 2 aliphatic rings. The molecule has 2 saturated heterocycles. The molecule has 2 aliphatic heterocycles. The zero-order valence-corrected chi connectivity index (χ0v) is 14.8. The van der Waals surface area contributed by atoms with Crippen LogP contribution in [-0.4, -0.2) is 47.2 Å². The average molecular weight is 376 g/mol. The van der Waals surface area contributed by atoms with Gasteiger partial charge in [-0.2, -0.15) is 18.3 Å². The minimum absolute atomic E-state index is 0.111. The molecular formula is C19H19F3N4O. The molecule has 0 aliphatic carbocycles. The first-order valence-corrected chi connectivity index (χ1v) is 8.76. The van der Waals surface area contributed by atoms with E-state index in [0.29, 0.717) is 31.9 Å². The van der Waals surface area contributed by atoms with Crippen LogP contribution in [0.5, 0.6) is 0 Å². The van der Waals surface area contributed by atoms with E-state index in [9.17, 15) is 18.0 Å². The van der Waals surface area contributed by atoms with E-state index >= 15 is 0 Å². The van der Waals surface area contributed by atoms with Gasteiger partial charge < -0.3 is 9.80 Å². The second kappa shape index (κ2) is 6.21. The van der Waals surface area contributed by atoms with Gasteiger partial charge in [0.1, 0.15) is 0 Å². The Balaban J connectivity index is 1.53. The number of likely N-dealkylation sites (tertiary alicyclic amines) is 1. The van der Waals surface area contributed by atoms with Gasteiger partial charge in [0.15, 0.2) is 5.69 Å². The summed E-state index contributed by atoms with van der Waals surface area (Å²) in [4.78, 5) is 16.2. The molecular weight excluding hydrogens is 357 g/mol. The van der Waals surface area contributed by atoms with Crippen LogP contribution in [0.15, 0.2) is 42.6 Å². The first kappa shape index (κ1) is 17.8. The summed E-state index contributed by atoms with van der Waals surface area (Å²) in [6.45, 7) is 4.02. The Morgan fingerprint density at radius 1 is 1.15 bits per heavy atom. The molecule has 142 valence electrons. The summed E-state index contributed by atoms with van der Waals surface area (Å²) < 4.78 is 40.1. The van der Waals surface area contributed by atoms with E-state index in [0.717, 1.165) is 6.07 Å². The first-order chi connectivity index (χ1) is 12.8. The molecule has 3 heterocycles. The van der Waals surface area contributed by atoms with Gasteiger partial charge in [-0.3, -0.25) is 4.79 Å². The molecule has 1 amide bonds. The molecule has 0 spiro atoms. The third-order valence-electron chi connectivity index (χ3n) is 5.60. The van der Waals surface area contributed by atoms with Crippen molar-refractivity contribution in [3.8, 4) is 0 Å². The number of rotatable bonds is 2. The lowest BCUT2D eigenvalue weighted by Gasteiger charge is -2.28. The molecule has 5 nitrogen and oxygen atoms in total. The molecule has 0 N–H and O–H groups in total. The standard InChI is InChI=1S/C19H19F3N4O/c1-18-11-25(16-7-3-2-5-14(16)19(20,21)22)9-13(18)10-26(12-18)17(27)15-6-4-8-23-24-15/h2-8,13H,9-12H2,1H3/t13-,18+/m0/s1. The number of fused-ring (bicyclic) bond motifs is 1. The predicted octanol–water partition coefficient (Wildman–Crippen LogP) is 3.09. The Morgan fingerprint density at radius 3 is 2.59 bits per heavy atom. The van der Waals surface area contributed by atoms with Gasteiger partial charge >= 0.3 is 6.18 Å². The maximum absolute atomic E-state index is 13.4. The summed E-state index contributed by atoms with van der Waals surface area (Å²) in [6.07, 6.45) is -2.88. The summed E-state index contributed by atoms with van der Waals surface area (Å²) in [7, 11) is 0. The van der Waals surface area contributed by atoms with Gasteiger partial charge in [0.25, 0.3) is 5.91 Å². The van der Waals surface area contributed by atoms with Gasteiger partial charge in [0.05, 0.1) is 5.56 Å². The molecule has 1 aromatic heterocycles. The lowest BCUT2D eigenvalue weighted by molar-refractivity contribution is -0.137. The second-order valence-electron chi connectivity index (χ2n) is 7.54. The van der Waals surface area contributed by atoms with E-state index in [1.165, 1.54) is 18.3 Å². The van der Waals surface area contributed by atoms with Crippen molar-refractivity contribution in [2.75, 3.05) is 31.1 Å². The van der Waals surface area contributed by atoms with Crippen LogP contribution < -0.4 is 4.90 Å². The minimum atomic E-state index is -4.39. The van der Waals surface area contributed by atoms with Crippen LogP contribution in [0.25, 0.3) is 0 Å². The van der Waals surface area contributed by atoms with Gasteiger partial charge in [-0.05, 0) is 24.3 Å². The van der Waals surface area contributed by atoms with E-state index in [-0.39, 0.29) is 22.9 Å². The predicted molar refractivity (Wildman–Crippen MR) is 93.2 cm³/mol. The molecule has 2 aromatic rings. The van der Waals surface area contributed by atoms with Crippen LogP contribution in [-0.2, 0) is 6.18 Å². The van der Waals surface area contributed by atoms with Crippen molar-refractivity contribution in [3.05, 3.63) is 53.9 Å². The molecule has 0 bridgehead atoms. The lowest BCUT2D eigenvalue weighted by Crippen LogP contribution is -2.36. The quantitative estimate of drug-likeness (QED) is 0.808. The normalized spacial score (nSPS) is 25.0. The van der Waals surface area contributed by atoms with E-state index in [1.54, 1.807) is 28.0 Å². The number of para-hydroxylation sites is 1. The van der Waals surface area contributed by atoms with Crippen molar-refractivity contribution < 1.29 is 18.0 Å². The number of aromatic nitrogens is 2. The van der Waals surface area contributed by atoms with Crippen molar-refractivity contribution in [1.82, 2.24) is 15.1 Å². The topological polar surface area (TPSA) is 49.3 Å². The molecule has 4 rings (SSSR count). The number of carbonyl (C=O) groups is 1. The summed E-state index contributed by atoms with van der Waals surface area (Å²) in [5.74, 6) is -0.0691. The van der Waals surface area contributed by atoms with Gasteiger partial charge in [0, 0.05) is 49.4 Å². The van der Waals surface area contributed by atoms with Crippen LogP contribution in [0.1, 0.15) is 23.0 Å². The van der Waals surface area contributed by atoms with E-state index in [4.69, 9.17) is 0 Å². The van der Waals surface area contributed by atoms with E-state index in [1.807, 2.05) is 6.92 Å².